The quantitative estimate of drug-likeness (QED) is 0.791. The lowest BCUT2D eigenvalue weighted by Crippen LogP contribution is -2.38. The monoisotopic (exact) mass is 300 g/mol. The average molecular weight is 301 g/mol. The van der Waals surface area contributed by atoms with E-state index >= 15 is 0 Å². The summed E-state index contributed by atoms with van der Waals surface area (Å²) in [6.45, 7) is 0.370. The average Bonchev–Trinajstić information content (AvgIpc) is 2.53. The second-order valence-corrected chi connectivity index (χ2v) is 5.97. The SMILES string of the molecule is O=CC1(COc2ccccc2)CCCc2cc(Cl)ccc21. The number of halogens is 1. The smallest absolute Gasteiger partial charge is 0.133 e. The third kappa shape index (κ3) is 2.81. The summed E-state index contributed by atoms with van der Waals surface area (Å²) >= 11 is 6.07. The minimum Gasteiger partial charge on any atom is -0.492 e. The number of rotatable bonds is 4. The number of aryl methyl sites for hydroxylation is 1. The van der Waals surface area contributed by atoms with Crippen LogP contribution in [0.4, 0.5) is 0 Å². The summed E-state index contributed by atoms with van der Waals surface area (Å²) in [6.07, 6.45) is 3.81. The number of ether oxygens (including phenoxy) is 1. The van der Waals surface area contributed by atoms with Crippen LogP contribution in [-0.2, 0) is 16.6 Å². The van der Waals surface area contributed by atoms with Crippen molar-refractivity contribution in [3.8, 4) is 5.75 Å². The minimum atomic E-state index is -0.561. The highest BCUT2D eigenvalue weighted by molar-refractivity contribution is 6.30. The van der Waals surface area contributed by atoms with Gasteiger partial charge in [0.2, 0.25) is 0 Å². The second-order valence-electron chi connectivity index (χ2n) is 5.53. The van der Waals surface area contributed by atoms with Crippen molar-refractivity contribution in [2.24, 2.45) is 0 Å². The Morgan fingerprint density at radius 1 is 1.19 bits per heavy atom. The maximum Gasteiger partial charge on any atom is 0.133 e. The lowest BCUT2D eigenvalue weighted by atomic mass is 9.71. The van der Waals surface area contributed by atoms with Crippen LogP contribution >= 0.6 is 11.6 Å². The first-order valence-electron chi connectivity index (χ1n) is 7.17. The van der Waals surface area contributed by atoms with Crippen molar-refractivity contribution in [2.75, 3.05) is 6.61 Å². The van der Waals surface area contributed by atoms with Crippen LogP contribution < -0.4 is 4.74 Å². The number of para-hydroxylation sites is 1. The van der Waals surface area contributed by atoms with Crippen molar-refractivity contribution in [1.29, 1.82) is 0 Å². The predicted octanol–water partition coefficient (Wildman–Crippen LogP) is 4.19. The van der Waals surface area contributed by atoms with E-state index in [0.29, 0.717) is 6.61 Å². The predicted molar refractivity (Wildman–Crippen MR) is 84.1 cm³/mol. The molecular formula is C18H17ClO2. The molecule has 0 saturated carbocycles. The van der Waals surface area contributed by atoms with Gasteiger partial charge in [0.1, 0.15) is 18.6 Å². The Labute approximate surface area is 129 Å². The first-order valence-corrected chi connectivity index (χ1v) is 7.54. The van der Waals surface area contributed by atoms with Gasteiger partial charge in [-0.2, -0.15) is 0 Å². The number of carbonyl (C=O) groups excluding carboxylic acids is 1. The van der Waals surface area contributed by atoms with Gasteiger partial charge in [0.15, 0.2) is 0 Å². The van der Waals surface area contributed by atoms with Crippen LogP contribution in [0.15, 0.2) is 48.5 Å². The summed E-state index contributed by atoms with van der Waals surface area (Å²) < 4.78 is 5.86. The van der Waals surface area contributed by atoms with Crippen LogP contribution in [0, 0.1) is 0 Å². The van der Waals surface area contributed by atoms with Crippen LogP contribution in [0.25, 0.3) is 0 Å². The van der Waals surface area contributed by atoms with Crippen LogP contribution in [0.5, 0.6) is 5.75 Å². The van der Waals surface area contributed by atoms with E-state index < -0.39 is 5.41 Å². The Kier molecular flexibility index (Phi) is 3.98. The standard InChI is InChI=1S/C18H17ClO2/c19-15-8-9-17-14(11-15)5-4-10-18(17,12-20)13-21-16-6-2-1-3-7-16/h1-3,6-9,11-12H,4-5,10,13H2. The van der Waals surface area contributed by atoms with Gasteiger partial charge in [-0.1, -0.05) is 35.9 Å². The van der Waals surface area contributed by atoms with Crippen molar-refractivity contribution in [1.82, 2.24) is 0 Å². The molecule has 3 rings (SSSR count). The fourth-order valence-corrected chi connectivity index (χ4v) is 3.21. The highest BCUT2D eigenvalue weighted by atomic mass is 35.5. The van der Waals surface area contributed by atoms with E-state index in [2.05, 4.69) is 0 Å². The largest absolute Gasteiger partial charge is 0.492 e. The Morgan fingerprint density at radius 3 is 2.76 bits per heavy atom. The lowest BCUT2D eigenvalue weighted by molar-refractivity contribution is -0.114. The van der Waals surface area contributed by atoms with Gasteiger partial charge in [0.05, 0.1) is 5.41 Å². The van der Waals surface area contributed by atoms with Crippen molar-refractivity contribution >= 4 is 17.9 Å². The molecule has 1 atom stereocenters. The fraction of sp³-hybridized carbons (Fsp3) is 0.278. The molecule has 0 amide bonds. The molecule has 3 heteroatoms. The number of benzene rings is 2. The normalized spacial score (nSPS) is 20.6. The van der Waals surface area contributed by atoms with Gasteiger partial charge < -0.3 is 9.53 Å². The molecule has 2 aromatic carbocycles. The van der Waals surface area contributed by atoms with Crippen molar-refractivity contribution in [3.05, 3.63) is 64.7 Å². The summed E-state index contributed by atoms with van der Waals surface area (Å²) in [5.41, 5.74) is 1.66. The zero-order valence-corrected chi connectivity index (χ0v) is 12.5. The number of aldehydes is 1. The van der Waals surface area contributed by atoms with Gasteiger partial charge in [0.25, 0.3) is 0 Å². The van der Waals surface area contributed by atoms with Gasteiger partial charge in [-0.3, -0.25) is 0 Å². The maximum atomic E-state index is 11.8. The van der Waals surface area contributed by atoms with E-state index in [-0.39, 0.29) is 0 Å². The Bertz CT molecular complexity index is 639. The fourth-order valence-electron chi connectivity index (χ4n) is 3.02. The number of carbonyl (C=O) groups is 1. The Hall–Kier alpha value is -1.80. The van der Waals surface area contributed by atoms with E-state index in [1.54, 1.807) is 0 Å². The molecule has 108 valence electrons. The van der Waals surface area contributed by atoms with E-state index in [1.807, 2.05) is 48.5 Å². The van der Waals surface area contributed by atoms with Crippen molar-refractivity contribution in [2.45, 2.75) is 24.7 Å². The van der Waals surface area contributed by atoms with Gasteiger partial charge in [-0.15, -0.1) is 0 Å². The molecule has 0 bridgehead atoms. The van der Waals surface area contributed by atoms with E-state index in [0.717, 1.165) is 47.4 Å². The molecule has 0 aliphatic heterocycles. The molecule has 0 fully saturated rings. The molecule has 0 heterocycles. The first-order chi connectivity index (χ1) is 10.2. The van der Waals surface area contributed by atoms with E-state index in [9.17, 15) is 4.79 Å². The second kappa shape index (κ2) is 5.90. The molecule has 0 radical (unpaired) electrons. The lowest BCUT2D eigenvalue weighted by Gasteiger charge is -2.34. The van der Waals surface area contributed by atoms with Gasteiger partial charge >= 0.3 is 0 Å². The topological polar surface area (TPSA) is 26.3 Å². The summed E-state index contributed by atoms with van der Waals surface area (Å²) in [4.78, 5) is 11.8. The Balaban J connectivity index is 1.89. The summed E-state index contributed by atoms with van der Waals surface area (Å²) in [7, 11) is 0. The van der Waals surface area contributed by atoms with Crippen LogP contribution in [0.3, 0.4) is 0 Å². The van der Waals surface area contributed by atoms with E-state index in [1.165, 1.54) is 0 Å². The highest BCUT2D eigenvalue weighted by Gasteiger charge is 2.37. The van der Waals surface area contributed by atoms with Gasteiger partial charge in [-0.05, 0) is 54.7 Å². The molecule has 0 aromatic heterocycles. The molecule has 21 heavy (non-hydrogen) atoms. The summed E-state index contributed by atoms with van der Waals surface area (Å²) in [5, 5.41) is 0.722. The molecule has 0 spiro atoms. The Morgan fingerprint density at radius 2 is 2.00 bits per heavy atom. The molecular weight excluding hydrogens is 284 g/mol. The molecule has 0 N–H and O–H groups in total. The molecule has 2 nitrogen and oxygen atoms in total. The molecule has 2 aromatic rings. The van der Waals surface area contributed by atoms with Crippen LogP contribution in [0.1, 0.15) is 24.0 Å². The molecule has 1 unspecified atom stereocenters. The number of fused-ring (bicyclic) bond motifs is 1. The van der Waals surface area contributed by atoms with Crippen LogP contribution in [-0.4, -0.2) is 12.9 Å². The van der Waals surface area contributed by atoms with Gasteiger partial charge in [-0.25, -0.2) is 0 Å². The molecule has 0 saturated heterocycles. The first kappa shape index (κ1) is 14.2. The van der Waals surface area contributed by atoms with Gasteiger partial charge in [0, 0.05) is 5.02 Å². The zero-order chi connectivity index (χ0) is 14.7. The molecule has 1 aliphatic carbocycles. The highest BCUT2D eigenvalue weighted by Crippen LogP contribution is 2.37. The van der Waals surface area contributed by atoms with E-state index in [4.69, 9.17) is 16.3 Å². The summed E-state index contributed by atoms with van der Waals surface area (Å²) in [5.74, 6) is 0.791. The third-order valence-corrected chi connectivity index (χ3v) is 4.37. The van der Waals surface area contributed by atoms with Crippen LogP contribution in [0.2, 0.25) is 5.02 Å². The van der Waals surface area contributed by atoms with Crippen molar-refractivity contribution in [3.63, 3.8) is 0 Å². The molecule has 1 aliphatic rings. The summed E-state index contributed by atoms with van der Waals surface area (Å²) in [6, 6.07) is 15.4. The maximum absolute atomic E-state index is 11.8. The number of hydrogen-bond acceptors (Lipinski definition) is 2. The zero-order valence-electron chi connectivity index (χ0n) is 11.7. The minimum absolute atomic E-state index is 0.370. The number of hydrogen-bond donors (Lipinski definition) is 0. The third-order valence-electron chi connectivity index (χ3n) is 4.14. The van der Waals surface area contributed by atoms with Crippen molar-refractivity contribution < 1.29 is 9.53 Å².